The predicted octanol–water partition coefficient (Wildman–Crippen LogP) is 4.32. The zero-order valence-electron chi connectivity index (χ0n) is 12.5. The fourth-order valence-electron chi connectivity index (χ4n) is 2.20. The fourth-order valence-corrected chi connectivity index (χ4v) is 2.89. The summed E-state index contributed by atoms with van der Waals surface area (Å²) in [7, 11) is 0. The van der Waals surface area contributed by atoms with Crippen LogP contribution in [0, 0.1) is 0 Å². The summed E-state index contributed by atoms with van der Waals surface area (Å²) in [4.78, 5) is 11.8. The molecule has 0 atom stereocenters. The van der Waals surface area contributed by atoms with E-state index in [0.29, 0.717) is 12.8 Å². The number of carbonyl (C=O) groups is 1. The highest BCUT2D eigenvalue weighted by molar-refractivity contribution is 9.10. The Bertz CT molecular complexity index is 710. The average Bonchev–Trinajstić information content (AvgIpc) is 2.49. The van der Waals surface area contributed by atoms with Gasteiger partial charge in [0.15, 0.2) is 5.71 Å². The fraction of sp³-hybridized carbons (Fsp3) is 0.294. The Morgan fingerprint density at radius 2 is 2.00 bits per heavy atom. The molecule has 0 saturated carbocycles. The molecule has 0 saturated heterocycles. The normalized spacial score (nSPS) is 11.9. The van der Waals surface area contributed by atoms with Crippen LogP contribution in [0.15, 0.2) is 46.0 Å². The van der Waals surface area contributed by atoms with Gasteiger partial charge in [0.2, 0.25) is 0 Å². The van der Waals surface area contributed by atoms with Gasteiger partial charge in [-0.3, -0.25) is 0 Å². The third kappa shape index (κ3) is 3.85. The first kappa shape index (κ1) is 16.5. The van der Waals surface area contributed by atoms with Crippen molar-refractivity contribution in [1.82, 2.24) is 0 Å². The number of carbonyl (C=O) groups excluding carboxylic acids is 1. The number of nitrogens with zero attached hydrogens (tertiary/aromatic N) is 1. The number of ether oxygens (including phenoxy) is 1. The Hall–Kier alpha value is -1.88. The first-order valence-corrected chi connectivity index (χ1v) is 7.90. The summed E-state index contributed by atoms with van der Waals surface area (Å²) in [5.74, 6) is -0.575. The lowest BCUT2D eigenvalue weighted by Gasteiger charge is -2.10. The van der Waals surface area contributed by atoms with Gasteiger partial charge in [0.25, 0.3) is 0 Å². The molecule has 2 aromatic carbocycles. The highest BCUT2D eigenvalue weighted by atomic mass is 79.9. The van der Waals surface area contributed by atoms with Gasteiger partial charge in [0, 0.05) is 10.9 Å². The van der Waals surface area contributed by atoms with E-state index >= 15 is 0 Å². The number of esters is 1. The second-order valence-electron chi connectivity index (χ2n) is 5.26. The molecule has 0 aliphatic rings. The summed E-state index contributed by atoms with van der Waals surface area (Å²) in [6.07, 6.45) is 0.661. The van der Waals surface area contributed by atoms with Gasteiger partial charge in [0.05, 0.1) is 6.10 Å². The quantitative estimate of drug-likeness (QED) is 0.372. The molecule has 0 radical (unpaired) electrons. The van der Waals surface area contributed by atoms with Crippen LogP contribution in [0.1, 0.15) is 25.8 Å². The first-order chi connectivity index (χ1) is 10.5. The third-order valence-corrected chi connectivity index (χ3v) is 4.21. The van der Waals surface area contributed by atoms with Crippen molar-refractivity contribution in [2.24, 2.45) is 5.16 Å². The number of rotatable bonds is 5. The molecule has 1 N–H and O–H groups in total. The molecule has 0 spiro atoms. The van der Waals surface area contributed by atoms with Crippen molar-refractivity contribution in [2.75, 3.05) is 0 Å². The smallest absolute Gasteiger partial charge is 0.356 e. The SMILES string of the molecule is CC(C)OC(=O)/C(CCc1ccc2ccccc2c1Br)=N\O. The number of fused-ring (bicyclic) bond motifs is 1. The van der Waals surface area contributed by atoms with Crippen molar-refractivity contribution in [1.29, 1.82) is 0 Å². The second kappa shape index (κ2) is 7.40. The van der Waals surface area contributed by atoms with Gasteiger partial charge in [-0.15, -0.1) is 0 Å². The van der Waals surface area contributed by atoms with Gasteiger partial charge in [-0.25, -0.2) is 4.79 Å². The summed E-state index contributed by atoms with van der Waals surface area (Å²) in [6.45, 7) is 3.51. The molecular weight excluding hydrogens is 346 g/mol. The van der Waals surface area contributed by atoms with Crippen LogP contribution in [0.5, 0.6) is 0 Å². The third-order valence-electron chi connectivity index (χ3n) is 3.27. The minimum absolute atomic E-state index is 0.0359. The zero-order chi connectivity index (χ0) is 16.1. The van der Waals surface area contributed by atoms with E-state index in [9.17, 15) is 4.79 Å². The molecule has 0 aliphatic heterocycles. The van der Waals surface area contributed by atoms with Gasteiger partial charge in [-0.1, -0.05) is 41.6 Å². The summed E-state index contributed by atoms with van der Waals surface area (Å²) < 4.78 is 6.05. The maximum atomic E-state index is 11.8. The molecule has 5 heteroatoms. The van der Waals surface area contributed by atoms with Crippen LogP contribution in [-0.2, 0) is 16.0 Å². The molecule has 2 rings (SSSR count). The van der Waals surface area contributed by atoms with Crippen LogP contribution in [0.4, 0.5) is 0 Å². The van der Waals surface area contributed by atoms with E-state index in [2.05, 4.69) is 21.1 Å². The van der Waals surface area contributed by atoms with Crippen LogP contribution in [0.2, 0.25) is 0 Å². The zero-order valence-corrected chi connectivity index (χ0v) is 14.1. The average molecular weight is 364 g/mol. The van der Waals surface area contributed by atoms with E-state index in [1.54, 1.807) is 13.8 Å². The van der Waals surface area contributed by atoms with Crippen molar-refractivity contribution in [2.45, 2.75) is 32.8 Å². The maximum Gasteiger partial charge on any atom is 0.356 e. The molecule has 0 heterocycles. The van der Waals surface area contributed by atoms with Crippen molar-refractivity contribution >= 4 is 38.4 Å². The predicted molar refractivity (Wildman–Crippen MR) is 90.4 cm³/mol. The van der Waals surface area contributed by atoms with Crippen molar-refractivity contribution in [3.63, 3.8) is 0 Å². The number of hydrogen-bond acceptors (Lipinski definition) is 4. The largest absolute Gasteiger partial charge is 0.458 e. The van der Waals surface area contributed by atoms with Crippen LogP contribution >= 0.6 is 15.9 Å². The van der Waals surface area contributed by atoms with E-state index < -0.39 is 5.97 Å². The minimum atomic E-state index is -0.575. The number of halogens is 1. The van der Waals surface area contributed by atoms with Crippen molar-refractivity contribution in [3.05, 3.63) is 46.4 Å². The summed E-state index contributed by atoms with van der Waals surface area (Å²) in [6, 6.07) is 12.1. The van der Waals surface area contributed by atoms with E-state index in [1.807, 2.05) is 36.4 Å². The number of aryl methyl sites for hydroxylation is 1. The van der Waals surface area contributed by atoms with Gasteiger partial charge < -0.3 is 9.94 Å². The molecule has 0 amide bonds. The molecule has 2 aromatic rings. The monoisotopic (exact) mass is 363 g/mol. The summed E-state index contributed by atoms with van der Waals surface area (Å²) >= 11 is 3.61. The van der Waals surface area contributed by atoms with Gasteiger partial charge in [-0.2, -0.15) is 0 Å². The molecule has 0 unspecified atom stereocenters. The van der Waals surface area contributed by atoms with E-state index in [1.165, 1.54) is 0 Å². The van der Waals surface area contributed by atoms with Crippen LogP contribution in [0.25, 0.3) is 10.8 Å². The molecular formula is C17H18BrNO3. The van der Waals surface area contributed by atoms with E-state index in [0.717, 1.165) is 20.8 Å². The Morgan fingerprint density at radius 3 is 2.68 bits per heavy atom. The lowest BCUT2D eigenvalue weighted by atomic mass is 10.0. The first-order valence-electron chi connectivity index (χ1n) is 7.11. The standard InChI is InChI=1S/C17H18BrNO3/c1-11(2)22-17(20)15(19-21)10-9-13-8-7-12-5-3-4-6-14(12)16(13)18/h3-8,11,21H,9-10H2,1-2H3/b19-15-. The Morgan fingerprint density at radius 1 is 1.27 bits per heavy atom. The molecule has 4 nitrogen and oxygen atoms in total. The minimum Gasteiger partial charge on any atom is -0.458 e. The van der Waals surface area contributed by atoms with Gasteiger partial charge in [0.1, 0.15) is 0 Å². The van der Waals surface area contributed by atoms with Crippen molar-refractivity contribution in [3.8, 4) is 0 Å². The molecule has 0 fully saturated rings. The maximum absolute atomic E-state index is 11.8. The second-order valence-corrected chi connectivity index (χ2v) is 6.05. The number of hydrogen-bond donors (Lipinski definition) is 1. The lowest BCUT2D eigenvalue weighted by Crippen LogP contribution is -2.21. The van der Waals surface area contributed by atoms with Crippen LogP contribution in [0.3, 0.4) is 0 Å². The van der Waals surface area contributed by atoms with Gasteiger partial charge in [-0.05, 0) is 52.5 Å². The van der Waals surface area contributed by atoms with E-state index in [4.69, 9.17) is 9.94 Å². The lowest BCUT2D eigenvalue weighted by molar-refractivity contribution is -0.139. The molecule has 0 aliphatic carbocycles. The van der Waals surface area contributed by atoms with Crippen LogP contribution in [-0.4, -0.2) is 23.0 Å². The molecule has 116 valence electrons. The topological polar surface area (TPSA) is 58.9 Å². The number of oxime groups is 1. The summed E-state index contributed by atoms with van der Waals surface area (Å²) in [5.41, 5.74) is 1.09. The Balaban J connectivity index is 2.14. The highest BCUT2D eigenvalue weighted by Crippen LogP contribution is 2.28. The Kier molecular flexibility index (Phi) is 5.55. The molecule has 0 bridgehead atoms. The Labute approximate surface area is 137 Å². The molecule has 0 aromatic heterocycles. The van der Waals surface area contributed by atoms with Gasteiger partial charge >= 0.3 is 5.97 Å². The highest BCUT2D eigenvalue weighted by Gasteiger charge is 2.16. The molecule has 22 heavy (non-hydrogen) atoms. The van der Waals surface area contributed by atoms with Crippen molar-refractivity contribution < 1.29 is 14.7 Å². The number of benzene rings is 2. The van der Waals surface area contributed by atoms with Crippen LogP contribution < -0.4 is 0 Å². The van der Waals surface area contributed by atoms with E-state index in [-0.39, 0.29) is 11.8 Å². The summed E-state index contributed by atoms with van der Waals surface area (Å²) in [5, 5.41) is 14.3.